The molecule has 0 unspecified atom stereocenters. The van der Waals surface area contributed by atoms with Crippen molar-refractivity contribution in [1.29, 1.82) is 0 Å². The Hall–Kier alpha value is -3.29. The molecule has 0 spiro atoms. The molecule has 8 heteroatoms. The number of nitrogens with zero attached hydrogens (tertiary/aromatic N) is 3. The number of piperazine rings is 1. The highest BCUT2D eigenvalue weighted by Crippen LogP contribution is 2.29. The average Bonchev–Trinajstić information content (AvgIpc) is 2.72. The van der Waals surface area contributed by atoms with Crippen molar-refractivity contribution >= 4 is 17.3 Å². The first kappa shape index (κ1) is 19.5. The Morgan fingerprint density at radius 2 is 1.82 bits per heavy atom. The molecule has 0 radical (unpaired) electrons. The van der Waals surface area contributed by atoms with Gasteiger partial charge < -0.3 is 19.3 Å². The number of anilines is 1. The van der Waals surface area contributed by atoms with Crippen LogP contribution in [0.3, 0.4) is 0 Å². The van der Waals surface area contributed by atoms with Crippen molar-refractivity contribution in [3.05, 3.63) is 58.1 Å². The summed E-state index contributed by atoms with van der Waals surface area (Å²) >= 11 is 0. The van der Waals surface area contributed by atoms with Crippen LogP contribution < -0.4 is 14.4 Å². The highest BCUT2D eigenvalue weighted by Gasteiger charge is 2.25. The predicted molar refractivity (Wildman–Crippen MR) is 105 cm³/mol. The fraction of sp³-hybridized carbons (Fsp3) is 0.350. The van der Waals surface area contributed by atoms with Gasteiger partial charge in [-0.1, -0.05) is 18.2 Å². The third-order valence-corrected chi connectivity index (χ3v) is 4.72. The molecule has 0 N–H and O–H groups in total. The summed E-state index contributed by atoms with van der Waals surface area (Å²) < 4.78 is 10.9. The van der Waals surface area contributed by atoms with Gasteiger partial charge in [-0.05, 0) is 30.7 Å². The van der Waals surface area contributed by atoms with E-state index in [2.05, 4.69) is 0 Å². The standard InChI is InChI=1S/C20H23N3O5/c1-15-7-8-18(19(13-15)27-2)28-14-20(24)22-11-9-21(10-12-22)16-5-3-4-6-17(16)23(25)26/h3-8,13H,9-12,14H2,1-2H3. The number of nitro groups is 1. The third-order valence-electron chi connectivity index (χ3n) is 4.72. The van der Waals surface area contributed by atoms with Crippen molar-refractivity contribution in [2.75, 3.05) is 44.8 Å². The molecule has 1 heterocycles. The quantitative estimate of drug-likeness (QED) is 0.561. The van der Waals surface area contributed by atoms with E-state index < -0.39 is 0 Å². The molecule has 2 aromatic rings. The van der Waals surface area contributed by atoms with E-state index in [0.29, 0.717) is 43.4 Å². The summed E-state index contributed by atoms with van der Waals surface area (Å²) in [4.78, 5) is 27.0. The summed E-state index contributed by atoms with van der Waals surface area (Å²) in [7, 11) is 1.56. The van der Waals surface area contributed by atoms with Gasteiger partial charge >= 0.3 is 0 Å². The number of rotatable bonds is 6. The summed E-state index contributed by atoms with van der Waals surface area (Å²) in [6, 6.07) is 12.2. The van der Waals surface area contributed by atoms with Crippen LogP contribution in [-0.4, -0.2) is 55.6 Å². The topological polar surface area (TPSA) is 85.2 Å². The molecule has 2 aromatic carbocycles. The lowest BCUT2D eigenvalue weighted by molar-refractivity contribution is -0.384. The SMILES string of the molecule is COc1cc(C)ccc1OCC(=O)N1CCN(c2ccccc2[N+](=O)[O-])CC1. The molecular weight excluding hydrogens is 362 g/mol. The maximum absolute atomic E-state index is 12.5. The second kappa shape index (κ2) is 8.60. The van der Waals surface area contributed by atoms with E-state index in [1.165, 1.54) is 6.07 Å². The van der Waals surface area contributed by atoms with Gasteiger partial charge in [-0.3, -0.25) is 14.9 Å². The van der Waals surface area contributed by atoms with E-state index in [4.69, 9.17) is 9.47 Å². The van der Waals surface area contributed by atoms with Crippen LogP contribution in [0, 0.1) is 17.0 Å². The zero-order valence-electron chi connectivity index (χ0n) is 16.0. The number of para-hydroxylation sites is 2. The molecule has 8 nitrogen and oxygen atoms in total. The Kier molecular flexibility index (Phi) is 5.98. The maximum Gasteiger partial charge on any atom is 0.292 e. The minimum Gasteiger partial charge on any atom is -0.493 e. The Morgan fingerprint density at radius 1 is 1.11 bits per heavy atom. The number of carbonyl (C=O) groups excluding carboxylic acids is 1. The smallest absolute Gasteiger partial charge is 0.292 e. The molecule has 28 heavy (non-hydrogen) atoms. The first-order chi connectivity index (χ1) is 13.5. The summed E-state index contributed by atoms with van der Waals surface area (Å²) in [6.45, 7) is 3.91. The van der Waals surface area contributed by atoms with Crippen LogP contribution >= 0.6 is 0 Å². The molecule has 1 fully saturated rings. The number of hydrogen-bond donors (Lipinski definition) is 0. The molecule has 148 valence electrons. The number of carbonyl (C=O) groups is 1. The number of methoxy groups -OCH3 is 1. The minimum absolute atomic E-state index is 0.0785. The van der Waals surface area contributed by atoms with Gasteiger partial charge in [-0.15, -0.1) is 0 Å². The molecule has 0 saturated carbocycles. The molecule has 1 amide bonds. The Morgan fingerprint density at radius 3 is 2.50 bits per heavy atom. The second-order valence-corrected chi connectivity index (χ2v) is 6.56. The van der Waals surface area contributed by atoms with Gasteiger partial charge in [0.1, 0.15) is 5.69 Å². The lowest BCUT2D eigenvalue weighted by Gasteiger charge is -2.35. The summed E-state index contributed by atoms with van der Waals surface area (Å²) in [6.07, 6.45) is 0. The van der Waals surface area contributed by atoms with E-state index in [-0.39, 0.29) is 23.1 Å². The van der Waals surface area contributed by atoms with Crippen molar-refractivity contribution in [3.63, 3.8) is 0 Å². The number of ether oxygens (including phenoxy) is 2. The monoisotopic (exact) mass is 385 g/mol. The second-order valence-electron chi connectivity index (χ2n) is 6.56. The average molecular weight is 385 g/mol. The van der Waals surface area contributed by atoms with Crippen molar-refractivity contribution < 1.29 is 19.2 Å². The lowest BCUT2D eigenvalue weighted by atomic mass is 10.2. The number of amides is 1. The van der Waals surface area contributed by atoms with Gasteiger partial charge in [-0.2, -0.15) is 0 Å². The Labute approximate surface area is 163 Å². The molecule has 1 aliphatic heterocycles. The van der Waals surface area contributed by atoms with E-state index in [1.807, 2.05) is 24.0 Å². The van der Waals surface area contributed by atoms with Gasteiger partial charge in [0, 0.05) is 32.2 Å². The molecule has 0 aromatic heterocycles. The van der Waals surface area contributed by atoms with Gasteiger partial charge in [-0.25, -0.2) is 0 Å². The zero-order chi connectivity index (χ0) is 20.1. The third kappa shape index (κ3) is 4.33. The van der Waals surface area contributed by atoms with Crippen LogP contribution in [0.15, 0.2) is 42.5 Å². The predicted octanol–water partition coefficient (Wildman–Crippen LogP) is 2.64. The van der Waals surface area contributed by atoms with Crippen LogP contribution in [0.25, 0.3) is 0 Å². The van der Waals surface area contributed by atoms with Crippen molar-refractivity contribution in [2.24, 2.45) is 0 Å². The van der Waals surface area contributed by atoms with Gasteiger partial charge in [0.25, 0.3) is 11.6 Å². The molecule has 1 saturated heterocycles. The first-order valence-corrected chi connectivity index (χ1v) is 9.03. The van der Waals surface area contributed by atoms with Crippen molar-refractivity contribution in [1.82, 2.24) is 4.90 Å². The van der Waals surface area contributed by atoms with Crippen LogP contribution in [0.4, 0.5) is 11.4 Å². The molecule has 1 aliphatic rings. The highest BCUT2D eigenvalue weighted by atomic mass is 16.6. The van der Waals surface area contributed by atoms with Crippen LogP contribution in [0.2, 0.25) is 0 Å². The number of aryl methyl sites for hydroxylation is 1. The highest BCUT2D eigenvalue weighted by molar-refractivity contribution is 5.78. The molecule has 0 atom stereocenters. The van der Waals surface area contributed by atoms with Gasteiger partial charge in [0.05, 0.1) is 12.0 Å². The Balaban J connectivity index is 1.57. The molecule has 3 rings (SSSR count). The largest absolute Gasteiger partial charge is 0.493 e. The molecule has 0 aliphatic carbocycles. The Bertz CT molecular complexity index is 863. The van der Waals surface area contributed by atoms with E-state index in [1.54, 1.807) is 36.3 Å². The summed E-state index contributed by atoms with van der Waals surface area (Å²) in [5.41, 5.74) is 1.71. The van der Waals surface area contributed by atoms with E-state index >= 15 is 0 Å². The molecular formula is C20H23N3O5. The maximum atomic E-state index is 12.5. The van der Waals surface area contributed by atoms with Crippen molar-refractivity contribution in [2.45, 2.75) is 6.92 Å². The van der Waals surface area contributed by atoms with Crippen LogP contribution in [0.1, 0.15) is 5.56 Å². The first-order valence-electron chi connectivity index (χ1n) is 9.03. The van der Waals surface area contributed by atoms with Crippen LogP contribution in [0.5, 0.6) is 11.5 Å². The number of benzene rings is 2. The number of nitro benzene ring substituents is 1. The normalized spacial score (nSPS) is 13.9. The van der Waals surface area contributed by atoms with E-state index in [0.717, 1.165) is 5.56 Å². The van der Waals surface area contributed by atoms with Gasteiger partial charge in [0.15, 0.2) is 18.1 Å². The molecule has 0 bridgehead atoms. The van der Waals surface area contributed by atoms with Crippen molar-refractivity contribution in [3.8, 4) is 11.5 Å². The summed E-state index contributed by atoms with van der Waals surface area (Å²) in [5, 5.41) is 11.2. The zero-order valence-corrected chi connectivity index (χ0v) is 16.0. The fourth-order valence-corrected chi connectivity index (χ4v) is 3.21. The fourth-order valence-electron chi connectivity index (χ4n) is 3.21. The van der Waals surface area contributed by atoms with Gasteiger partial charge in [0.2, 0.25) is 0 Å². The minimum atomic E-state index is -0.379. The lowest BCUT2D eigenvalue weighted by Crippen LogP contribution is -2.50. The van der Waals surface area contributed by atoms with Crippen LogP contribution in [-0.2, 0) is 4.79 Å². The summed E-state index contributed by atoms with van der Waals surface area (Å²) in [5.74, 6) is 0.999. The number of hydrogen-bond acceptors (Lipinski definition) is 6. The van der Waals surface area contributed by atoms with E-state index in [9.17, 15) is 14.9 Å².